The summed E-state index contributed by atoms with van der Waals surface area (Å²) in [4.78, 5) is 14.3. The molecule has 1 N–H and O–H groups in total. The van der Waals surface area contributed by atoms with Gasteiger partial charge in [0, 0.05) is 26.0 Å². The maximum absolute atomic E-state index is 13.1. The summed E-state index contributed by atoms with van der Waals surface area (Å²) in [5.41, 5.74) is 0.950. The third-order valence-electron chi connectivity index (χ3n) is 4.91. The molecule has 132 valence electrons. The minimum absolute atomic E-state index is 0.0598. The van der Waals surface area contributed by atoms with Crippen LogP contribution in [0.5, 0.6) is 0 Å². The van der Waals surface area contributed by atoms with Gasteiger partial charge in [0.15, 0.2) is 0 Å². The topological polar surface area (TPSA) is 49.8 Å². The summed E-state index contributed by atoms with van der Waals surface area (Å²) in [5.74, 6) is -0.303. The van der Waals surface area contributed by atoms with Crippen molar-refractivity contribution in [1.29, 1.82) is 0 Å². The van der Waals surface area contributed by atoms with Gasteiger partial charge in [-0.1, -0.05) is 42.5 Å². The number of ether oxygens (including phenoxy) is 1. The van der Waals surface area contributed by atoms with Crippen LogP contribution in [-0.4, -0.2) is 29.3 Å². The maximum atomic E-state index is 13.1. The molecule has 0 aromatic heterocycles. The van der Waals surface area contributed by atoms with Gasteiger partial charge in [0.25, 0.3) is 0 Å². The Hall–Kier alpha value is -2.40. The zero-order valence-corrected chi connectivity index (χ0v) is 14.2. The number of rotatable bonds is 5. The highest BCUT2D eigenvalue weighted by molar-refractivity contribution is 5.70. The molecule has 1 fully saturated rings. The number of hydrogen-bond donors (Lipinski definition) is 1. The van der Waals surface area contributed by atoms with Gasteiger partial charge in [0.05, 0.1) is 6.04 Å². The predicted octanol–water partition coefficient (Wildman–Crippen LogP) is 4.01. The van der Waals surface area contributed by atoms with E-state index in [-0.39, 0.29) is 18.5 Å². The van der Waals surface area contributed by atoms with Crippen LogP contribution < -0.4 is 0 Å². The van der Waals surface area contributed by atoms with Crippen LogP contribution in [0.25, 0.3) is 0 Å². The Balaban J connectivity index is 1.81. The van der Waals surface area contributed by atoms with Gasteiger partial charge in [0.2, 0.25) is 0 Å². The van der Waals surface area contributed by atoms with Gasteiger partial charge in [-0.25, -0.2) is 9.18 Å². The molecule has 0 saturated carbocycles. The van der Waals surface area contributed by atoms with Gasteiger partial charge in [0.1, 0.15) is 11.4 Å². The van der Waals surface area contributed by atoms with Gasteiger partial charge in [-0.2, -0.15) is 0 Å². The fourth-order valence-electron chi connectivity index (χ4n) is 3.39. The average Bonchev–Trinajstić information content (AvgIpc) is 2.63. The molecular formula is C20H22FNO3. The van der Waals surface area contributed by atoms with Gasteiger partial charge in [-0.15, -0.1) is 0 Å². The number of carbonyl (C=O) groups is 1. The van der Waals surface area contributed by atoms with Crippen molar-refractivity contribution in [2.75, 3.05) is 13.2 Å². The molecule has 1 heterocycles. The Morgan fingerprint density at radius 2 is 1.88 bits per heavy atom. The zero-order valence-electron chi connectivity index (χ0n) is 14.2. The quantitative estimate of drug-likeness (QED) is 0.892. The van der Waals surface area contributed by atoms with Crippen molar-refractivity contribution < 1.29 is 19.0 Å². The summed E-state index contributed by atoms with van der Waals surface area (Å²) in [6.07, 6.45) is 0.538. The summed E-state index contributed by atoms with van der Waals surface area (Å²) in [6.45, 7) is 2.35. The van der Waals surface area contributed by atoms with E-state index < -0.39 is 11.7 Å². The SMILES string of the molecule is C[C@@H](c1ccc(F)cc1)N1CC[C@](CCO)(c2ccccc2)OC1=O. The first kappa shape index (κ1) is 17.4. The van der Waals surface area contributed by atoms with E-state index in [0.717, 1.165) is 11.1 Å². The first-order valence-electron chi connectivity index (χ1n) is 8.47. The highest BCUT2D eigenvalue weighted by Gasteiger charge is 2.43. The first-order chi connectivity index (χ1) is 12.1. The molecule has 5 heteroatoms. The van der Waals surface area contributed by atoms with Crippen LogP contribution in [0.2, 0.25) is 0 Å². The van der Waals surface area contributed by atoms with E-state index >= 15 is 0 Å². The second kappa shape index (κ2) is 7.23. The number of hydrogen-bond acceptors (Lipinski definition) is 3. The molecule has 0 unspecified atom stereocenters. The van der Waals surface area contributed by atoms with Gasteiger partial charge in [-0.05, 0) is 30.2 Å². The molecule has 0 aliphatic carbocycles. The molecule has 4 nitrogen and oxygen atoms in total. The monoisotopic (exact) mass is 343 g/mol. The lowest BCUT2D eigenvalue weighted by Crippen LogP contribution is -2.49. The molecular weight excluding hydrogens is 321 g/mol. The van der Waals surface area contributed by atoms with E-state index in [0.29, 0.717) is 19.4 Å². The molecule has 0 radical (unpaired) electrons. The largest absolute Gasteiger partial charge is 0.438 e. The van der Waals surface area contributed by atoms with Crippen LogP contribution in [0.15, 0.2) is 54.6 Å². The third-order valence-corrected chi connectivity index (χ3v) is 4.91. The van der Waals surface area contributed by atoms with Crippen LogP contribution in [0.3, 0.4) is 0 Å². The molecule has 1 saturated heterocycles. The van der Waals surface area contributed by atoms with Crippen LogP contribution in [0.4, 0.5) is 9.18 Å². The molecule has 2 atom stereocenters. The molecule has 25 heavy (non-hydrogen) atoms. The minimum atomic E-state index is -0.799. The van der Waals surface area contributed by atoms with E-state index in [9.17, 15) is 14.3 Å². The second-order valence-electron chi connectivity index (χ2n) is 6.37. The molecule has 1 amide bonds. The minimum Gasteiger partial charge on any atom is -0.438 e. The Kier molecular flexibility index (Phi) is 5.04. The molecule has 0 bridgehead atoms. The van der Waals surface area contributed by atoms with E-state index in [1.54, 1.807) is 17.0 Å². The highest BCUT2D eigenvalue weighted by Crippen LogP contribution is 2.39. The molecule has 2 aromatic rings. The fourth-order valence-corrected chi connectivity index (χ4v) is 3.39. The van der Waals surface area contributed by atoms with E-state index in [2.05, 4.69) is 0 Å². The van der Waals surface area contributed by atoms with Crippen molar-refractivity contribution in [3.63, 3.8) is 0 Å². The van der Waals surface area contributed by atoms with E-state index in [4.69, 9.17) is 4.74 Å². The van der Waals surface area contributed by atoms with Gasteiger partial charge >= 0.3 is 6.09 Å². The fraction of sp³-hybridized carbons (Fsp3) is 0.350. The number of amides is 1. The smallest absolute Gasteiger partial charge is 0.411 e. The standard InChI is InChI=1S/C20H22FNO3/c1-15(16-7-9-18(21)10-8-16)22-13-11-20(12-14-23,25-19(22)24)17-5-3-2-4-6-17/h2-10,15,23H,11-14H2,1H3/t15-,20-/m0/s1. The summed E-state index contributed by atoms with van der Waals surface area (Å²) in [7, 11) is 0. The van der Waals surface area contributed by atoms with Crippen LogP contribution in [0, 0.1) is 5.82 Å². The second-order valence-corrected chi connectivity index (χ2v) is 6.37. The average molecular weight is 343 g/mol. The molecule has 1 aliphatic heterocycles. The number of aliphatic hydroxyl groups is 1. The van der Waals surface area contributed by atoms with Crippen LogP contribution in [0.1, 0.15) is 36.9 Å². The van der Waals surface area contributed by atoms with E-state index in [1.807, 2.05) is 37.3 Å². The Bertz CT molecular complexity index is 719. The maximum Gasteiger partial charge on any atom is 0.411 e. The molecule has 3 rings (SSSR count). The lowest BCUT2D eigenvalue weighted by Gasteiger charge is -2.43. The van der Waals surface area contributed by atoms with Crippen molar-refractivity contribution in [1.82, 2.24) is 4.90 Å². The van der Waals surface area contributed by atoms with Crippen LogP contribution in [-0.2, 0) is 10.3 Å². The molecule has 2 aromatic carbocycles. The Morgan fingerprint density at radius 3 is 2.48 bits per heavy atom. The summed E-state index contributed by atoms with van der Waals surface area (Å²) >= 11 is 0. The van der Waals surface area contributed by atoms with E-state index in [1.165, 1.54) is 12.1 Å². The number of nitrogens with zero attached hydrogens (tertiary/aromatic N) is 1. The lowest BCUT2D eigenvalue weighted by atomic mass is 9.85. The summed E-state index contributed by atoms with van der Waals surface area (Å²) in [6, 6.07) is 15.5. The lowest BCUT2D eigenvalue weighted by molar-refractivity contribution is -0.0718. The summed E-state index contributed by atoms with van der Waals surface area (Å²) < 4.78 is 18.9. The molecule has 1 aliphatic rings. The van der Waals surface area contributed by atoms with Crippen molar-refractivity contribution in [3.8, 4) is 0 Å². The number of aliphatic hydroxyl groups excluding tert-OH is 1. The Labute approximate surface area is 146 Å². The number of cyclic esters (lactones) is 1. The van der Waals surface area contributed by atoms with Gasteiger partial charge in [-0.3, -0.25) is 0 Å². The van der Waals surface area contributed by atoms with Crippen molar-refractivity contribution in [3.05, 3.63) is 71.5 Å². The van der Waals surface area contributed by atoms with Crippen molar-refractivity contribution in [2.45, 2.75) is 31.4 Å². The van der Waals surface area contributed by atoms with Crippen molar-refractivity contribution in [2.24, 2.45) is 0 Å². The van der Waals surface area contributed by atoms with Crippen molar-refractivity contribution >= 4 is 6.09 Å². The predicted molar refractivity (Wildman–Crippen MR) is 92.4 cm³/mol. The highest BCUT2D eigenvalue weighted by atomic mass is 19.1. The number of carbonyl (C=O) groups excluding carboxylic acids is 1. The normalized spacial score (nSPS) is 21.7. The third kappa shape index (κ3) is 3.51. The van der Waals surface area contributed by atoms with Crippen LogP contribution >= 0.6 is 0 Å². The number of halogens is 1. The first-order valence-corrected chi connectivity index (χ1v) is 8.47. The Morgan fingerprint density at radius 1 is 1.20 bits per heavy atom. The zero-order chi connectivity index (χ0) is 17.9. The van der Waals surface area contributed by atoms with Gasteiger partial charge < -0.3 is 14.7 Å². The summed E-state index contributed by atoms with van der Waals surface area (Å²) in [5, 5.41) is 9.47. The molecule has 0 spiro atoms. The number of benzene rings is 2.